The number of piperidine rings is 1. The Kier molecular flexibility index (Phi) is 6.81. The average Bonchev–Trinajstić information content (AvgIpc) is 3.57. The summed E-state index contributed by atoms with van der Waals surface area (Å²) in [6, 6.07) is 16.4. The number of carbonyl (C=O) groups is 2. The summed E-state index contributed by atoms with van der Waals surface area (Å²) in [5, 5.41) is 11.1. The van der Waals surface area contributed by atoms with Gasteiger partial charge in [0.25, 0.3) is 5.91 Å². The standard InChI is InChI=1S/C32H38N4O3/c1-32(2)21-36(20-26(31(38)39)29-28(32)25-10-3-4-11-27(25)33-29)30(37)23-9-7-8-22(18-23)19-34-16-12-24(13-17-34)35-14-5-6-15-35/h3-4,7-11,18,20,24,33H,5-6,12-17,19,21H2,1-2H3,(H,38,39). The van der Waals surface area contributed by atoms with E-state index >= 15 is 0 Å². The van der Waals surface area contributed by atoms with Crippen LogP contribution in [0.5, 0.6) is 0 Å². The van der Waals surface area contributed by atoms with Gasteiger partial charge in [-0.2, -0.15) is 0 Å². The van der Waals surface area contributed by atoms with E-state index in [4.69, 9.17) is 0 Å². The van der Waals surface area contributed by atoms with E-state index in [1.165, 1.54) is 45.0 Å². The van der Waals surface area contributed by atoms with E-state index in [0.717, 1.165) is 47.7 Å². The Morgan fingerprint density at radius 3 is 2.49 bits per heavy atom. The number of rotatable bonds is 5. The molecule has 39 heavy (non-hydrogen) atoms. The normalized spacial score (nSPS) is 20.6. The lowest BCUT2D eigenvalue weighted by Crippen LogP contribution is -2.43. The van der Waals surface area contributed by atoms with Gasteiger partial charge in [-0.1, -0.05) is 44.2 Å². The Hall–Kier alpha value is -3.42. The van der Waals surface area contributed by atoms with Crippen LogP contribution in [0.4, 0.5) is 0 Å². The minimum absolute atomic E-state index is 0.108. The van der Waals surface area contributed by atoms with Crippen molar-refractivity contribution in [3.05, 3.63) is 77.1 Å². The highest BCUT2D eigenvalue weighted by Crippen LogP contribution is 2.40. The molecule has 2 N–H and O–H groups in total. The fourth-order valence-electron chi connectivity index (χ4n) is 6.89. The predicted molar refractivity (Wildman–Crippen MR) is 154 cm³/mol. The fourth-order valence-corrected chi connectivity index (χ4v) is 6.89. The first-order valence-electron chi connectivity index (χ1n) is 14.2. The fraction of sp³-hybridized carbons (Fsp3) is 0.438. The summed E-state index contributed by atoms with van der Waals surface area (Å²) < 4.78 is 0. The summed E-state index contributed by atoms with van der Waals surface area (Å²) in [5.74, 6) is -1.23. The Morgan fingerprint density at radius 2 is 1.74 bits per heavy atom. The van der Waals surface area contributed by atoms with Gasteiger partial charge in [0, 0.05) is 47.2 Å². The zero-order valence-corrected chi connectivity index (χ0v) is 22.9. The minimum Gasteiger partial charge on any atom is -0.478 e. The summed E-state index contributed by atoms with van der Waals surface area (Å²) in [4.78, 5) is 36.3. The molecule has 2 aromatic carbocycles. The molecule has 0 spiro atoms. The number of nitrogens with zero attached hydrogens (tertiary/aromatic N) is 3. The molecule has 204 valence electrons. The zero-order valence-electron chi connectivity index (χ0n) is 22.9. The van der Waals surface area contributed by atoms with Gasteiger partial charge in [-0.15, -0.1) is 0 Å². The molecular formula is C32H38N4O3. The van der Waals surface area contributed by atoms with Crippen molar-refractivity contribution in [2.24, 2.45) is 0 Å². The molecule has 0 radical (unpaired) electrons. The summed E-state index contributed by atoms with van der Waals surface area (Å²) in [5.41, 5.74) is 3.77. The summed E-state index contributed by atoms with van der Waals surface area (Å²) in [7, 11) is 0. The van der Waals surface area contributed by atoms with Gasteiger partial charge in [0.15, 0.2) is 0 Å². The van der Waals surface area contributed by atoms with Gasteiger partial charge < -0.3 is 19.9 Å². The first-order chi connectivity index (χ1) is 18.8. The van der Waals surface area contributed by atoms with Crippen molar-refractivity contribution in [1.29, 1.82) is 0 Å². The Bertz CT molecular complexity index is 1420. The molecule has 7 heteroatoms. The maximum absolute atomic E-state index is 13.8. The van der Waals surface area contributed by atoms with Gasteiger partial charge in [-0.05, 0) is 81.2 Å². The number of aromatic amines is 1. The second kappa shape index (κ2) is 10.3. The van der Waals surface area contributed by atoms with Crippen LogP contribution in [-0.4, -0.2) is 75.4 Å². The number of aliphatic carboxylic acids is 1. The quantitative estimate of drug-likeness (QED) is 0.484. The number of H-pyrrole nitrogens is 1. The van der Waals surface area contributed by atoms with E-state index in [1.54, 1.807) is 4.90 Å². The highest BCUT2D eigenvalue weighted by Gasteiger charge is 2.37. The van der Waals surface area contributed by atoms with Crippen molar-refractivity contribution in [3.8, 4) is 0 Å². The smallest absolute Gasteiger partial charge is 0.339 e. The maximum Gasteiger partial charge on any atom is 0.339 e. The number of carboxylic acids is 1. The first-order valence-corrected chi connectivity index (χ1v) is 14.2. The molecule has 2 saturated heterocycles. The summed E-state index contributed by atoms with van der Waals surface area (Å²) in [6.45, 7) is 10.0. The third kappa shape index (κ3) is 5.01. The Balaban J connectivity index is 1.22. The molecule has 0 atom stereocenters. The Labute approximate surface area is 230 Å². The van der Waals surface area contributed by atoms with E-state index in [-0.39, 0.29) is 11.5 Å². The molecule has 0 unspecified atom stereocenters. The van der Waals surface area contributed by atoms with Crippen LogP contribution >= 0.6 is 0 Å². The molecule has 2 fully saturated rings. The molecule has 1 aromatic heterocycles. The molecule has 0 aliphatic carbocycles. The molecule has 3 aromatic rings. The van der Waals surface area contributed by atoms with Crippen LogP contribution in [0.15, 0.2) is 54.7 Å². The van der Waals surface area contributed by atoms with Crippen LogP contribution in [0, 0.1) is 0 Å². The number of fused-ring (bicyclic) bond motifs is 3. The van der Waals surface area contributed by atoms with Crippen LogP contribution in [0.25, 0.3) is 16.5 Å². The molecule has 0 saturated carbocycles. The minimum atomic E-state index is -1.05. The zero-order chi connectivity index (χ0) is 27.1. The number of hydrogen-bond donors (Lipinski definition) is 2. The number of benzene rings is 2. The molecular weight excluding hydrogens is 488 g/mol. The van der Waals surface area contributed by atoms with Crippen molar-refractivity contribution >= 4 is 28.4 Å². The molecule has 3 aliphatic rings. The molecule has 1 amide bonds. The number of para-hydroxylation sites is 1. The Morgan fingerprint density at radius 1 is 1.00 bits per heavy atom. The number of hydrogen-bond acceptors (Lipinski definition) is 4. The third-order valence-corrected chi connectivity index (χ3v) is 8.79. The van der Waals surface area contributed by atoms with Crippen molar-refractivity contribution in [1.82, 2.24) is 19.7 Å². The highest BCUT2D eigenvalue weighted by atomic mass is 16.4. The second-order valence-electron chi connectivity index (χ2n) is 12.0. The van der Waals surface area contributed by atoms with Gasteiger partial charge in [0.2, 0.25) is 0 Å². The molecule has 0 bridgehead atoms. The predicted octanol–water partition coefficient (Wildman–Crippen LogP) is 5.09. The lowest BCUT2D eigenvalue weighted by Gasteiger charge is -2.36. The lowest BCUT2D eigenvalue weighted by atomic mass is 9.81. The van der Waals surface area contributed by atoms with Crippen molar-refractivity contribution < 1.29 is 14.7 Å². The summed E-state index contributed by atoms with van der Waals surface area (Å²) in [6.07, 6.45) is 6.60. The average molecular weight is 527 g/mol. The summed E-state index contributed by atoms with van der Waals surface area (Å²) >= 11 is 0. The van der Waals surface area contributed by atoms with Crippen molar-refractivity contribution in [3.63, 3.8) is 0 Å². The van der Waals surface area contributed by atoms with E-state index in [9.17, 15) is 14.7 Å². The number of nitrogens with one attached hydrogen (secondary N) is 1. The van der Waals surface area contributed by atoms with Crippen LogP contribution in [0.1, 0.15) is 66.7 Å². The van der Waals surface area contributed by atoms with Crippen LogP contribution in [-0.2, 0) is 16.8 Å². The first kappa shape index (κ1) is 25.8. The lowest BCUT2D eigenvalue weighted by molar-refractivity contribution is -0.130. The van der Waals surface area contributed by atoms with E-state index in [0.29, 0.717) is 17.8 Å². The molecule has 3 aliphatic heterocycles. The number of amides is 1. The molecule has 4 heterocycles. The number of carboxylic acid groups (broad SMARTS) is 1. The molecule has 7 nitrogen and oxygen atoms in total. The largest absolute Gasteiger partial charge is 0.478 e. The number of aromatic nitrogens is 1. The topological polar surface area (TPSA) is 79.9 Å². The number of likely N-dealkylation sites (tertiary alicyclic amines) is 2. The van der Waals surface area contributed by atoms with Crippen LogP contribution in [0.2, 0.25) is 0 Å². The number of carbonyl (C=O) groups excluding carboxylic acids is 1. The third-order valence-electron chi connectivity index (χ3n) is 8.79. The van der Waals surface area contributed by atoms with Gasteiger partial charge >= 0.3 is 5.97 Å². The van der Waals surface area contributed by atoms with Gasteiger partial charge in [0.05, 0.1) is 11.3 Å². The monoisotopic (exact) mass is 526 g/mol. The van der Waals surface area contributed by atoms with E-state index < -0.39 is 11.4 Å². The van der Waals surface area contributed by atoms with Gasteiger partial charge in [0.1, 0.15) is 0 Å². The second-order valence-corrected chi connectivity index (χ2v) is 12.0. The van der Waals surface area contributed by atoms with Crippen LogP contribution < -0.4 is 0 Å². The van der Waals surface area contributed by atoms with E-state index in [2.05, 4.69) is 34.7 Å². The maximum atomic E-state index is 13.8. The van der Waals surface area contributed by atoms with Gasteiger partial charge in [-0.3, -0.25) is 9.69 Å². The van der Waals surface area contributed by atoms with Gasteiger partial charge in [-0.25, -0.2) is 4.79 Å². The van der Waals surface area contributed by atoms with Crippen molar-refractivity contribution in [2.45, 2.75) is 57.5 Å². The van der Waals surface area contributed by atoms with Crippen molar-refractivity contribution in [2.75, 3.05) is 32.7 Å². The van der Waals surface area contributed by atoms with Crippen LogP contribution in [0.3, 0.4) is 0 Å². The van der Waals surface area contributed by atoms with E-state index in [1.807, 2.05) is 42.5 Å². The highest BCUT2D eigenvalue weighted by molar-refractivity contribution is 6.17. The SMILES string of the molecule is CC1(C)CN(C(=O)c2cccc(CN3CCC(N4CCCC4)CC3)c2)C=C(C(=O)O)c2[nH]c3ccccc3c21. The molecule has 6 rings (SSSR count).